The molecule has 45 heavy (non-hydrogen) atoms. The van der Waals surface area contributed by atoms with Crippen molar-refractivity contribution in [1.82, 2.24) is 36.0 Å². The van der Waals surface area contributed by atoms with Gasteiger partial charge in [0.25, 0.3) is 0 Å². The Bertz CT molecular complexity index is 1180. The number of carbonyl (C=O) groups excluding carboxylic acids is 3. The van der Waals surface area contributed by atoms with E-state index in [1.54, 1.807) is 11.8 Å². The molecule has 4 N–H and O–H groups in total. The number of amides is 4. The molecule has 5 saturated heterocycles. The van der Waals surface area contributed by atoms with Crippen molar-refractivity contribution in [2.45, 2.75) is 125 Å². The van der Waals surface area contributed by atoms with Gasteiger partial charge in [-0.3, -0.25) is 19.8 Å². The lowest BCUT2D eigenvalue weighted by molar-refractivity contribution is -0.130. The van der Waals surface area contributed by atoms with Gasteiger partial charge in [-0.05, 0) is 57.1 Å². The van der Waals surface area contributed by atoms with Crippen molar-refractivity contribution >= 4 is 29.6 Å². The molecule has 2 aliphatic carbocycles. The smallest absolute Gasteiger partial charge is 0.320 e. The molecule has 5 aliphatic heterocycles. The lowest BCUT2D eigenvalue weighted by Gasteiger charge is -2.59. The van der Waals surface area contributed by atoms with Gasteiger partial charge in [0.1, 0.15) is 12.3 Å². The number of hydrogen-bond donors (Lipinski definition) is 4. The number of thioether (sulfide) groups is 1. The van der Waals surface area contributed by atoms with Gasteiger partial charge in [-0.1, -0.05) is 20.4 Å². The first kappa shape index (κ1) is 31.6. The summed E-state index contributed by atoms with van der Waals surface area (Å²) in [6, 6.07) is -1.46. The largest absolute Gasteiger partial charge is 0.353 e. The molecule has 0 radical (unpaired) electrons. The molecule has 0 aromatic heterocycles. The van der Waals surface area contributed by atoms with Gasteiger partial charge in [0, 0.05) is 72.6 Å². The molecule has 0 aromatic rings. The minimum absolute atomic E-state index is 0.0131. The first-order valence-electron chi connectivity index (χ1n) is 17.1. The van der Waals surface area contributed by atoms with Gasteiger partial charge in [0.15, 0.2) is 0 Å². The molecule has 7 rings (SSSR count). The van der Waals surface area contributed by atoms with Crippen LogP contribution in [-0.4, -0.2) is 124 Å². The SMILES string of the molecule is C=CC(=O)N1CCN(C2NC(=O)N3C4NC(C(F)CC42)C2C(F)CCCC2NC(=O)CCSC2CCNC(C(C)C)C23)[C@@H]2C[C@@H]21. The van der Waals surface area contributed by atoms with Crippen LogP contribution >= 0.6 is 11.8 Å². The molecule has 11 unspecified atom stereocenters. The molecule has 7 fully saturated rings. The maximum Gasteiger partial charge on any atom is 0.320 e. The molecule has 0 spiro atoms. The van der Waals surface area contributed by atoms with E-state index in [-0.39, 0.29) is 65.5 Å². The second kappa shape index (κ2) is 12.6. The standard InChI is InChI=1S/C32H49F2N7O3S/c1-4-25(43)39-11-12-40(22-15-21(22)39)30-17-14-19(34)28-26-18(33)6-5-7-20(26)36-24(42)9-13-45-23-8-10-35-27(16(2)3)29(23)41(31(17)37-28)32(44)38-30/h4,16-23,26-31,35,37H,1,5-15H2,2-3H3,(H,36,42)(H,38,44)/t17?,18?,19?,20?,21-,22+,23?,26?,27?,28?,29?,30?,31?/m0/s1. The summed E-state index contributed by atoms with van der Waals surface area (Å²) in [5, 5.41) is 13.8. The van der Waals surface area contributed by atoms with Crippen molar-refractivity contribution in [2.24, 2.45) is 17.8 Å². The minimum atomic E-state index is -1.34. The summed E-state index contributed by atoms with van der Waals surface area (Å²) in [7, 11) is 0. The van der Waals surface area contributed by atoms with E-state index in [1.165, 1.54) is 6.08 Å². The Hall–Kier alpha value is -1.96. The van der Waals surface area contributed by atoms with Gasteiger partial charge in [-0.15, -0.1) is 0 Å². The summed E-state index contributed by atoms with van der Waals surface area (Å²) in [6.45, 7) is 9.91. The maximum absolute atomic E-state index is 16.6. The molecule has 250 valence electrons. The number of piperidine rings is 2. The number of halogens is 2. The number of urea groups is 1. The molecule has 13 heteroatoms. The minimum Gasteiger partial charge on any atom is -0.353 e. The number of rotatable bonds is 3. The zero-order valence-corrected chi connectivity index (χ0v) is 27.2. The first-order chi connectivity index (χ1) is 21.7. The Labute approximate surface area is 269 Å². The third-order valence-corrected chi connectivity index (χ3v) is 13.1. The average Bonchev–Trinajstić information content (AvgIpc) is 3.81. The number of carbonyl (C=O) groups is 3. The Balaban J connectivity index is 1.26. The number of nitrogens with zero attached hydrogens (tertiary/aromatic N) is 3. The molecule has 5 heterocycles. The topological polar surface area (TPSA) is 109 Å². The highest BCUT2D eigenvalue weighted by atomic mass is 32.2. The van der Waals surface area contributed by atoms with Crippen LogP contribution in [0.2, 0.25) is 0 Å². The number of fused-ring (bicyclic) bond motifs is 6. The molecule has 4 amide bonds. The summed E-state index contributed by atoms with van der Waals surface area (Å²) < 4.78 is 32.5. The van der Waals surface area contributed by atoms with Gasteiger partial charge < -0.3 is 25.8 Å². The lowest BCUT2D eigenvalue weighted by Crippen LogP contribution is -2.80. The molecule has 0 aromatic carbocycles. The second-order valence-electron chi connectivity index (χ2n) is 14.6. The second-order valence-corrected chi connectivity index (χ2v) is 15.9. The number of nitrogens with one attached hydrogen (secondary N) is 4. The zero-order chi connectivity index (χ0) is 31.6. The van der Waals surface area contributed by atoms with Crippen LogP contribution in [0.4, 0.5) is 13.6 Å². The van der Waals surface area contributed by atoms with Crippen LogP contribution in [0.25, 0.3) is 0 Å². The van der Waals surface area contributed by atoms with Crippen molar-refractivity contribution in [2.75, 3.05) is 25.4 Å². The Morgan fingerprint density at radius 3 is 2.64 bits per heavy atom. The monoisotopic (exact) mass is 649 g/mol. The van der Waals surface area contributed by atoms with Crippen LogP contribution < -0.4 is 21.3 Å². The van der Waals surface area contributed by atoms with Crippen LogP contribution in [0.5, 0.6) is 0 Å². The number of alkyl halides is 2. The predicted molar refractivity (Wildman–Crippen MR) is 169 cm³/mol. The number of hydrogen-bond acceptors (Lipinski definition) is 7. The molecule has 13 atom stereocenters. The lowest BCUT2D eigenvalue weighted by atomic mass is 9.72. The van der Waals surface area contributed by atoms with E-state index in [1.807, 2.05) is 9.80 Å². The van der Waals surface area contributed by atoms with Crippen molar-refractivity contribution in [1.29, 1.82) is 0 Å². The third-order valence-electron chi connectivity index (χ3n) is 11.7. The van der Waals surface area contributed by atoms with Crippen LogP contribution in [0.15, 0.2) is 12.7 Å². The van der Waals surface area contributed by atoms with Crippen molar-refractivity contribution in [3.63, 3.8) is 0 Å². The van der Waals surface area contributed by atoms with Crippen molar-refractivity contribution in [3.8, 4) is 0 Å². The Kier molecular flexibility index (Phi) is 8.84. The molecule has 10 nitrogen and oxygen atoms in total. The van der Waals surface area contributed by atoms with Crippen molar-refractivity contribution in [3.05, 3.63) is 12.7 Å². The molecular weight excluding hydrogens is 600 g/mol. The molecule has 2 bridgehead atoms. The van der Waals surface area contributed by atoms with Gasteiger partial charge in [-0.25, -0.2) is 13.6 Å². The highest BCUT2D eigenvalue weighted by Gasteiger charge is 2.60. The van der Waals surface area contributed by atoms with E-state index in [0.717, 1.165) is 19.4 Å². The average molecular weight is 650 g/mol. The van der Waals surface area contributed by atoms with Gasteiger partial charge in [0.2, 0.25) is 11.8 Å². The van der Waals surface area contributed by atoms with Crippen LogP contribution in [-0.2, 0) is 9.59 Å². The van der Waals surface area contributed by atoms with E-state index in [0.29, 0.717) is 44.5 Å². The fourth-order valence-electron chi connectivity index (χ4n) is 9.61. The highest BCUT2D eigenvalue weighted by Crippen LogP contribution is 2.45. The quantitative estimate of drug-likeness (QED) is 0.347. The molecule has 7 aliphatic rings. The van der Waals surface area contributed by atoms with Crippen molar-refractivity contribution < 1.29 is 23.2 Å². The molecule has 2 saturated carbocycles. The third kappa shape index (κ3) is 5.67. The van der Waals surface area contributed by atoms with E-state index in [2.05, 4.69) is 46.6 Å². The van der Waals surface area contributed by atoms with E-state index in [4.69, 9.17) is 0 Å². The summed E-state index contributed by atoms with van der Waals surface area (Å²) in [5.74, 6) is -0.332. The van der Waals surface area contributed by atoms with Gasteiger partial charge >= 0.3 is 6.03 Å². The summed E-state index contributed by atoms with van der Waals surface area (Å²) in [5.41, 5.74) is 0. The van der Waals surface area contributed by atoms with E-state index < -0.39 is 42.7 Å². The molecular formula is C32H49F2N7O3S. The fourth-order valence-corrected chi connectivity index (χ4v) is 11.0. The zero-order valence-electron chi connectivity index (χ0n) is 26.4. The van der Waals surface area contributed by atoms with Crippen LogP contribution in [0, 0.1) is 17.8 Å². The Morgan fingerprint density at radius 2 is 1.87 bits per heavy atom. The van der Waals surface area contributed by atoms with Gasteiger partial charge in [-0.2, -0.15) is 11.8 Å². The maximum atomic E-state index is 16.6. The summed E-state index contributed by atoms with van der Waals surface area (Å²) >= 11 is 1.75. The van der Waals surface area contributed by atoms with E-state index >= 15 is 8.78 Å². The number of piperazine rings is 1. The summed E-state index contributed by atoms with van der Waals surface area (Å²) in [6.07, 6.45) is 1.65. The van der Waals surface area contributed by atoms with Crippen LogP contribution in [0.3, 0.4) is 0 Å². The van der Waals surface area contributed by atoms with Gasteiger partial charge in [0.05, 0.1) is 18.4 Å². The first-order valence-corrected chi connectivity index (χ1v) is 18.2. The van der Waals surface area contributed by atoms with Crippen LogP contribution in [0.1, 0.15) is 58.8 Å². The Morgan fingerprint density at radius 1 is 1.04 bits per heavy atom. The summed E-state index contributed by atoms with van der Waals surface area (Å²) in [4.78, 5) is 46.2. The normalized spacial score (nSPS) is 45.4. The predicted octanol–water partition coefficient (Wildman–Crippen LogP) is 1.97. The highest BCUT2D eigenvalue weighted by molar-refractivity contribution is 8.00. The fraction of sp³-hybridized carbons (Fsp3) is 0.844. The van der Waals surface area contributed by atoms with E-state index in [9.17, 15) is 14.4 Å².